The second-order valence-electron chi connectivity index (χ2n) is 18.2. The lowest BCUT2D eigenvalue weighted by atomic mass is 10.0. The highest BCUT2D eigenvalue weighted by Crippen LogP contribution is 2.43. The first kappa shape index (κ1) is 57.8. The summed E-state index contributed by atoms with van der Waals surface area (Å²) in [6, 6.07) is 0. The van der Waals surface area contributed by atoms with Crippen molar-refractivity contribution in [3.8, 4) is 0 Å². The van der Waals surface area contributed by atoms with Gasteiger partial charge in [0.2, 0.25) is 0 Å². The first-order valence-electron chi connectivity index (χ1n) is 24.9. The van der Waals surface area contributed by atoms with E-state index in [-0.39, 0.29) is 25.6 Å². The fourth-order valence-corrected chi connectivity index (χ4v) is 7.87. The Morgan fingerprint density at radius 1 is 0.508 bits per heavy atom. The average molecular weight is 859 g/mol. The van der Waals surface area contributed by atoms with Crippen molar-refractivity contribution in [1.29, 1.82) is 0 Å². The minimum Gasteiger partial charge on any atom is -0.462 e. The number of allylic oxidation sites excluding steroid dienone is 2. The molecule has 0 amide bonds. The van der Waals surface area contributed by atoms with Crippen molar-refractivity contribution in [2.75, 3.05) is 47.5 Å². The molecule has 0 saturated heterocycles. The molecule has 0 rings (SSSR count). The van der Waals surface area contributed by atoms with Gasteiger partial charge < -0.3 is 18.9 Å². The maximum Gasteiger partial charge on any atom is 0.472 e. The predicted molar refractivity (Wildman–Crippen MR) is 248 cm³/mol. The largest absolute Gasteiger partial charge is 0.472 e. The van der Waals surface area contributed by atoms with Crippen LogP contribution in [0.25, 0.3) is 0 Å². The van der Waals surface area contributed by atoms with E-state index in [1.165, 1.54) is 173 Å². The quantitative estimate of drug-likeness (QED) is 0.0212. The number of esters is 2. The molecule has 0 aliphatic carbocycles. The molecule has 0 aliphatic heterocycles. The standard InChI is InChI=1S/C49H96NO8P/c1-6-8-10-12-14-16-17-18-19-20-21-22-23-24-25-26-27-28-29-30-31-32-33-34-36-38-40-42-49(52)58-47(46-57-59(53,54)56-44-43-50(3,4)5)45-55-48(51)41-39-37-35-15-13-11-9-7-2/h20-21,47H,6-19,22-46H2,1-5H3/p+1/b21-20-. The third kappa shape index (κ3) is 46.1. The van der Waals surface area contributed by atoms with Crippen LogP contribution in [0.5, 0.6) is 0 Å². The number of hydrogen-bond acceptors (Lipinski definition) is 7. The van der Waals surface area contributed by atoms with Gasteiger partial charge in [-0.05, 0) is 38.5 Å². The van der Waals surface area contributed by atoms with Crippen LogP contribution in [0.3, 0.4) is 0 Å². The molecule has 0 fully saturated rings. The molecule has 0 aromatic rings. The van der Waals surface area contributed by atoms with Gasteiger partial charge in [-0.15, -0.1) is 0 Å². The second kappa shape index (κ2) is 42.1. The van der Waals surface area contributed by atoms with Gasteiger partial charge in [-0.2, -0.15) is 0 Å². The van der Waals surface area contributed by atoms with Crippen LogP contribution in [0.4, 0.5) is 0 Å². The van der Waals surface area contributed by atoms with E-state index >= 15 is 0 Å². The number of carbonyl (C=O) groups is 2. The number of unbranched alkanes of at least 4 members (excludes halogenated alkanes) is 30. The highest BCUT2D eigenvalue weighted by molar-refractivity contribution is 7.47. The van der Waals surface area contributed by atoms with Crippen molar-refractivity contribution in [2.24, 2.45) is 0 Å². The molecule has 0 aliphatic rings. The smallest absolute Gasteiger partial charge is 0.462 e. The molecule has 10 heteroatoms. The van der Waals surface area contributed by atoms with Gasteiger partial charge in [0.05, 0.1) is 27.7 Å². The molecule has 0 aromatic carbocycles. The maximum atomic E-state index is 12.7. The molecule has 350 valence electrons. The molecule has 0 bridgehead atoms. The monoisotopic (exact) mass is 859 g/mol. The molecule has 0 saturated carbocycles. The number of carbonyl (C=O) groups excluding carboxylic acids is 2. The van der Waals surface area contributed by atoms with Crippen molar-refractivity contribution in [2.45, 2.75) is 245 Å². The van der Waals surface area contributed by atoms with Crippen molar-refractivity contribution in [3.05, 3.63) is 12.2 Å². The zero-order valence-electron chi connectivity index (χ0n) is 39.5. The zero-order chi connectivity index (χ0) is 43.6. The van der Waals surface area contributed by atoms with E-state index < -0.39 is 26.5 Å². The predicted octanol–water partition coefficient (Wildman–Crippen LogP) is 14.5. The topological polar surface area (TPSA) is 108 Å². The van der Waals surface area contributed by atoms with E-state index in [1.54, 1.807) is 0 Å². The SMILES string of the molecule is CCCCCCCCCC/C=C\CCCCCCCCCCCCCCCCCC(=O)OC(COC(=O)CCCCCCCCCC)COP(=O)(O)OCC[N+](C)(C)C. The third-order valence-corrected chi connectivity index (χ3v) is 12.0. The Hall–Kier alpha value is -1.25. The summed E-state index contributed by atoms with van der Waals surface area (Å²) in [5.74, 6) is -0.791. The molecule has 0 heterocycles. The zero-order valence-corrected chi connectivity index (χ0v) is 40.4. The number of nitrogens with zero attached hydrogens (tertiary/aromatic N) is 1. The van der Waals surface area contributed by atoms with Crippen LogP contribution < -0.4 is 0 Å². The summed E-state index contributed by atoms with van der Waals surface area (Å²) in [7, 11) is 1.49. The van der Waals surface area contributed by atoms with E-state index in [9.17, 15) is 19.0 Å². The van der Waals surface area contributed by atoms with Gasteiger partial charge in [0.25, 0.3) is 0 Å². The Bertz CT molecular complexity index is 1020. The van der Waals surface area contributed by atoms with Crippen molar-refractivity contribution in [3.63, 3.8) is 0 Å². The van der Waals surface area contributed by atoms with E-state index in [4.69, 9.17) is 18.5 Å². The van der Waals surface area contributed by atoms with Crippen LogP contribution >= 0.6 is 7.82 Å². The highest BCUT2D eigenvalue weighted by atomic mass is 31.2. The first-order valence-corrected chi connectivity index (χ1v) is 26.4. The molecule has 2 atom stereocenters. The van der Waals surface area contributed by atoms with E-state index in [1.807, 2.05) is 21.1 Å². The molecule has 59 heavy (non-hydrogen) atoms. The maximum absolute atomic E-state index is 12.7. The van der Waals surface area contributed by atoms with Crippen LogP contribution in [0.1, 0.15) is 239 Å². The van der Waals surface area contributed by atoms with Gasteiger partial charge in [0, 0.05) is 12.8 Å². The number of phosphoric ester groups is 1. The van der Waals surface area contributed by atoms with Crippen LogP contribution in [-0.2, 0) is 32.7 Å². The molecule has 0 aromatic heterocycles. The molecular weight excluding hydrogens is 762 g/mol. The van der Waals surface area contributed by atoms with E-state index in [0.717, 1.165) is 32.1 Å². The van der Waals surface area contributed by atoms with Crippen molar-refractivity contribution in [1.82, 2.24) is 0 Å². The summed E-state index contributed by atoms with van der Waals surface area (Å²) in [4.78, 5) is 35.3. The first-order chi connectivity index (χ1) is 28.5. The van der Waals surface area contributed by atoms with E-state index in [0.29, 0.717) is 23.9 Å². The summed E-state index contributed by atoms with van der Waals surface area (Å²) < 4.78 is 34.3. The fourth-order valence-electron chi connectivity index (χ4n) is 7.13. The third-order valence-electron chi connectivity index (χ3n) is 11.0. The Morgan fingerprint density at radius 2 is 0.864 bits per heavy atom. The molecule has 9 nitrogen and oxygen atoms in total. The van der Waals surface area contributed by atoms with Gasteiger partial charge in [0.1, 0.15) is 19.8 Å². The van der Waals surface area contributed by atoms with Gasteiger partial charge >= 0.3 is 19.8 Å². The minimum atomic E-state index is -4.37. The minimum absolute atomic E-state index is 0.0352. The summed E-state index contributed by atoms with van der Waals surface area (Å²) in [6.45, 7) is 4.42. The number of rotatable bonds is 46. The lowest BCUT2D eigenvalue weighted by molar-refractivity contribution is -0.870. The lowest BCUT2D eigenvalue weighted by Gasteiger charge is -2.24. The highest BCUT2D eigenvalue weighted by Gasteiger charge is 2.27. The summed E-state index contributed by atoms with van der Waals surface area (Å²) >= 11 is 0. The van der Waals surface area contributed by atoms with Gasteiger partial charge in [-0.3, -0.25) is 18.6 Å². The number of hydrogen-bond donors (Lipinski definition) is 1. The summed E-state index contributed by atoms with van der Waals surface area (Å²) in [5.41, 5.74) is 0. The summed E-state index contributed by atoms with van der Waals surface area (Å²) in [6.07, 6.45) is 45.8. The average Bonchev–Trinajstić information content (AvgIpc) is 3.19. The Kier molecular flexibility index (Phi) is 41.2. The number of phosphoric acid groups is 1. The Labute approximate surface area is 365 Å². The van der Waals surface area contributed by atoms with Crippen LogP contribution in [0.2, 0.25) is 0 Å². The van der Waals surface area contributed by atoms with Crippen molar-refractivity contribution >= 4 is 19.8 Å². The number of ether oxygens (including phenoxy) is 2. The molecule has 2 unspecified atom stereocenters. The lowest BCUT2D eigenvalue weighted by Crippen LogP contribution is -2.37. The molecular formula is C49H97NO8P+. The van der Waals surface area contributed by atoms with Crippen molar-refractivity contribution < 1.29 is 42.1 Å². The number of quaternary nitrogens is 1. The van der Waals surface area contributed by atoms with Crippen LogP contribution in [-0.4, -0.2) is 74.9 Å². The molecule has 0 radical (unpaired) electrons. The van der Waals surface area contributed by atoms with Gasteiger partial charge in [0.15, 0.2) is 6.10 Å². The van der Waals surface area contributed by atoms with Gasteiger partial charge in [-0.1, -0.05) is 199 Å². The van der Waals surface area contributed by atoms with Crippen LogP contribution in [0, 0.1) is 0 Å². The van der Waals surface area contributed by atoms with Gasteiger partial charge in [-0.25, -0.2) is 4.57 Å². The Morgan fingerprint density at radius 3 is 1.25 bits per heavy atom. The number of likely N-dealkylation sites (N-methyl/N-ethyl adjacent to an activating group) is 1. The Balaban J connectivity index is 4.02. The molecule has 0 spiro atoms. The second-order valence-corrected chi connectivity index (χ2v) is 19.7. The van der Waals surface area contributed by atoms with Crippen LogP contribution in [0.15, 0.2) is 12.2 Å². The van der Waals surface area contributed by atoms with E-state index in [2.05, 4.69) is 26.0 Å². The normalized spacial score (nSPS) is 13.5. The fraction of sp³-hybridized carbons (Fsp3) is 0.918. The summed E-state index contributed by atoms with van der Waals surface area (Å²) in [5, 5.41) is 0. The molecule has 1 N–H and O–H groups in total.